The summed E-state index contributed by atoms with van der Waals surface area (Å²) in [4.78, 5) is 0. The molecule has 0 saturated carbocycles. The zero-order chi connectivity index (χ0) is 9.84. The van der Waals surface area contributed by atoms with Crippen LogP contribution in [0.3, 0.4) is 0 Å². The Balaban J connectivity index is 2.95. The molecule has 0 aliphatic carbocycles. The smallest absolute Gasteiger partial charge is 0.134 e. The summed E-state index contributed by atoms with van der Waals surface area (Å²) in [5, 5.41) is 21.5. The zero-order valence-electron chi connectivity index (χ0n) is 7.29. The quantitative estimate of drug-likeness (QED) is 0.691. The fourth-order valence-corrected chi connectivity index (χ4v) is 1.23. The van der Waals surface area contributed by atoms with E-state index in [9.17, 15) is 5.11 Å². The molecular weight excluding hydrogens is 190 g/mol. The summed E-state index contributed by atoms with van der Waals surface area (Å²) in [6.07, 6.45) is 0. The van der Waals surface area contributed by atoms with Crippen molar-refractivity contribution in [3.8, 4) is 5.75 Å². The maximum Gasteiger partial charge on any atom is 0.134 e. The fraction of sp³-hybridized carbons (Fsp3) is 0.333. The average Bonchev–Trinajstić information content (AvgIpc) is 2.13. The van der Waals surface area contributed by atoms with Crippen molar-refractivity contribution in [1.82, 2.24) is 5.32 Å². The molecule has 4 heteroatoms. The Kier molecular flexibility index (Phi) is 3.54. The lowest BCUT2D eigenvalue weighted by Crippen LogP contribution is -2.19. The molecule has 72 valence electrons. The molecule has 0 bridgehead atoms. The van der Waals surface area contributed by atoms with Gasteiger partial charge in [0, 0.05) is 0 Å². The van der Waals surface area contributed by atoms with E-state index in [1.54, 1.807) is 25.2 Å². The number of phenols is 1. The Labute approximate surface area is 82.0 Å². The molecule has 13 heavy (non-hydrogen) atoms. The molecule has 1 aromatic rings. The summed E-state index contributed by atoms with van der Waals surface area (Å²) in [7, 11) is 1.74. The van der Waals surface area contributed by atoms with Gasteiger partial charge in [-0.3, -0.25) is 0 Å². The summed E-state index contributed by atoms with van der Waals surface area (Å²) < 4.78 is 0. The number of aliphatic hydroxyl groups excluding tert-OH is 1. The van der Waals surface area contributed by atoms with Crippen LogP contribution in [0.25, 0.3) is 0 Å². The summed E-state index contributed by atoms with van der Waals surface area (Å²) in [5.74, 6) is 0.0351. The molecule has 0 amide bonds. The first-order valence-electron chi connectivity index (χ1n) is 3.95. The van der Waals surface area contributed by atoms with Crippen LogP contribution in [0.1, 0.15) is 11.6 Å². The first-order chi connectivity index (χ1) is 6.19. The minimum atomic E-state index is -0.164. The monoisotopic (exact) mass is 201 g/mol. The molecule has 3 nitrogen and oxygen atoms in total. The van der Waals surface area contributed by atoms with Crippen LogP contribution in [-0.2, 0) is 0 Å². The van der Waals surface area contributed by atoms with Gasteiger partial charge >= 0.3 is 0 Å². The molecular formula is C9H12ClNO2. The molecule has 0 aliphatic heterocycles. The topological polar surface area (TPSA) is 52.5 Å². The van der Waals surface area contributed by atoms with Crippen LogP contribution in [0.15, 0.2) is 18.2 Å². The molecule has 0 heterocycles. The maximum absolute atomic E-state index is 9.30. The Morgan fingerprint density at radius 1 is 1.54 bits per heavy atom. The van der Waals surface area contributed by atoms with E-state index in [1.165, 1.54) is 0 Å². The van der Waals surface area contributed by atoms with Gasteiger partial charge in [-0.15, -0.1) is 0 Å². The Morgan fingerprint density at radius 3 is 2.69 bits per heavy atom. The lowest BCUT2D eigenvalue weighted by molar-refractivity contribution is 0.251. The predicted molar refractivity (Wildman–Crippen MR) is 52.0 cm³/mol. The van der Waals surface area contributed by atoms with Crippen LogP contribution in [-0.4, -0.2) is 23.9 Å². The number of rotatable bonds is 3. The highest BCUT2D eigenvalue weighted by Crippen LogP contribution is 2.26. The van der Waals surface area contributed by atoms with E-state index < -0.39 is 0 Å². The van der Waals surface area contributed by atoms with Crippen LogP contribution in [0, 0.1) is 0 Å². The van der Waals surface area contributed by atoms with Gasteiger partial charge < -0.3 is 15.5 Å². The molecule has 0 saturated heterocycles. The van der Waals surface area contributed by atoms with Gasteiger partial charge in [0.1, 0.15) is 5.75 Å². The van der Waals surface area contributed by atoms with Gasteiger partial charge in [0.15, 0.2) is 0 Å². The molecule has 0 fully saturated rings. The van der Waals surface area contributed by atoms with Crippen molar-refractivity contribution in [1.29, 1.82) is 0 Å². The number of aliphatic hydroxyl groups is 1. The summed E-state index contributed by atoms with van der Waals surface area (Å²) in [6.45, 7) is -0.0163. The number of likely N-dealkylation sites (N-methyl/N-ethyl adjacent to an activating group) is 1. The van der Waals surface area contributed by atoms with Gasteiger partial charge in [-0.1, -0.05) is 17.7 Å². The van der Waals surface area contributed by atoms with Crippen LogP contribution < -0.4 is 5.32 Å². The van der Waals surface area contributed by atoms with E-state index in [1.807, 2.05) is 0 Å². The van der Waals surface area contributed by atoms with Crippen molar-refractivity contribution >= 4 is 11.6 Å². The van der Waals surface area contributed by atoms with Gasteiger partial charge in [-0.2, -0.15) is 0 Å². The van der Waals surface area contributed by atoms with Gasteiger partial charge in [0.25, 0.3) is 0 Å². The van der Waals surface area contributed by atoms with Crippen molar-refractivity contribution in [3.63, 3.8) is 0 Å². The molecule has 0 unspecified atom stereocenters. The van der Waals surface area contributed by atoms with E-state index in [4.69, 9.17) is 16.7 Å². The van der Waals surface area contributed by atoms with Crippen LogP contribution in [0.4, 0.5) is 0 Å². The molecule has 0 aliphatic rings. The predicted octanol–water partition coefficient (Wildman–Crippen LogP) is 1.30. The molecule has 1 atom stereocenters. The lowest BCUT2D eigenvalue weighted by atomic mass is 10.1. The number of hydrogen-bond donors (Lipinski definition) is 3. The van der Waals surface area contributed by atoms with Gasteiger partial charge in [-0.25, -0.2) is 0 Å². The van der Waals surface area contributed by atoms with E-state index in [2.05, 4.69) is 5.32 Å². The van der Waals surface area contributed by atoms with Gasteiger partial charge in [0.2, 0.25) is 0 Å². The molecule has 0 spiro atoms. The summed E-state index contributed by atoms with van der Waals surface area (Å²) in [5.41, 5.74) is 0.812. The van der Waals surface area contributed by atoms with E-state index in [-0.39, 0.29) is 18.4 Å². The minimum Gasteiger partial charge on any atom is -0.506 e. The molecule has 1 rings (SSSR count). The number of benzene rings is 1. The second kappa shape index (κ2) is 4.46. The number of aromatic hydroxyl groups is 1. The van der Waals surface area contributed by atoms with Crippen LogP contribution in [0.5, 0.6) is 5.75 Å². The number of nitrogens with one attached hydrogen (secondary N) is 1. The summed E-state index contributed by atoms with van der Waals surface area (Å²) >= 11 is 5.64. The standard InChI is InChI=1S/C9H12ClNO2/c1-11-8(5-12)6-2-3-7(10)9(13)4-6/h2-4,8,11-13H,5H2,1H3/t8-/m0/s1. The maximum atomic E-state index is 9.30. The number of hydrogen-bond acceptors (Lipinski definition) is 3. The summed E-state index contributed by atoms with van der Waals surface area (Å²) in [6, 6.07) is 4.74. The molecule has 0 radical (unpaired) electrons. The minimum absolute atomic E-state index is 0.0163. The number of halogens is 1. The highest BCUT2D eigenvalue weighted by molar-refractivity contribution is 6.32. The first kappa shape index (κ1) is 10.3. The third kappa shape index (κ3) is 2.34. The van der Waals surface area contributed by atoms with Gasteiger partial charge in [0.05, 0.1) is 17.7 Å². The normalized spacial score (nSPS) is 12.8. The fourth-order valence-electron chi connectivity index (χ4n) is 1.11. The SMILES string of the molecule is CN[C@@H](CO)c1ccc(Cl)c(O)c1. The van der Waals surface area contributed by atoms with Gasteiger partial charge in [-0.05, 0) is 24.7 Å². The third-order valence-corrected chi connectivity index (χ3v) is 2.22. The van der Waals surface area contributed by atoms with Crippen LogP contribution >= 0.6 is 11.6 Å². The Morgan fingerprint density at radius 2 is 2.23 bits per heavy atom. The van der Waals surface area contributed by atoms with Crippen LogP contribution in [0.2, 0.25) is 5.02 Å². The van der Waals surface area contributed by atoms with Crippen molar-refractivity contribution < 1.29 is 10.2 Å². The largest absolute Gasteiger partial charge is 0.506 e. The van der Waals surface area contributed by atoms with Crippen molar-refractivity contribution in [2.24, 2.45) is 0 Å². The Hall–Kier alpha value is -0.770. The van der Waals surface area contributed by atoms with E-state index in [0.29, 0.717) is 5.02 Å². The second-order valence-corrected chi connectivity index (χ2v) is 3.14. The van der Waals surface area contributed by atoms with Crippen molar-refractivity contribution in [3.05, 3.63) is 28.8 Å². The highest BCUT2D eigenvalue weighted by atomic mass is 35.5. The Bertz CT molecular complexity index is 287. The van der Waals surface area contributed by atoms with E-state index >= 15 is 0 Å². The average molecular weight is 202 g/mol. The van der Waals surface area contributed by atoms with Crippen molar-refractivity contribution in [2.75, 3.05) is 13.7 Å². The second-order valence-electron chi connectivity index (χ2n) is 2.73. The first-order valence-corrected chi connectivity index (χ1v) is 4.33. The number of phenolic OH excluding ortho intramolecular Hbond substituents is 1. The third-order valence-electron chi connectivity index (χ3n) is 1.90. The zero-order valence-corrected chi connectivity index (χ0v) is 8.04. The molecule has 0 aromatic heterocycles. The lowest BCUT2D eigenvalue weighted by Gasteiger charge is -2.13. The highest BCUT2D eigenvalue weighted by Gasteiger charge is 2.09. The molecule has 1 aromatic carbocycles. The molecule has 3 N–H and O–H groups in total. The van der Waals surface area contributed by atoms with E-state index in [0.717, 1.165) is 5.56 Å². The van der Waals surface area contributed by atoms with Crippen molar-refractivity contribution in [2.45, 2.75) is 6.04 Å².